The van der Waals surface area contributed by atoms with Crippen molar-refractivity contribution in [1.82, 2.24) is 0 Å². The van der Waals surface area contributed by atoms with Crippen molar-refractivity contribution in [2.45, 2.75) is 33.6 Å². The van der Waals surface area contributed by atoms with Crippen molar-refractivity contribution in [3.05, 3.63) is 0 Å². The van der Waals surface area contributed by atoms with Gasteiger partial charge in [-0.25, -0.2) is 0 Å². The van der Waals surface area contributed by atoms with Crippen LogP contribution in [0.4, 0.5) is 0 Å². The second-order valence-corrected chi connectivity index (χ2v) is 4.40. The molecule has 2 atom stereocenters. The predicted octanol–water partition coefficient (Wildman–Crippen LogP) is 1.83. The van der Waals surface area contributed by atoms with Crippen LogP contribution in [-0.2, 0) is 9.59 Å². The van der Waals surface area contributed by atoms with Crippen molar-refractivity contribution in [3.8, 4) is 0 Å². The highest BCUT2D eigenvalue weighted by atomic mass is 16.1. The molecule has 0 saturated heterocycles. The molecule has 1 fully saturated rings. The molecule has 0 unspecified atom stereocenters. The molecule has 1 saturated carbocycles. The van der Waals surface area contributed by atoms with E-state index in [2.05, 4.69) is 13.8 Å². The molecule has 1 rings (SSSR count). The maximum atomic E-state index is 10.8. The van der Waals surface area contributed by atoms with Crippen LogP contribution in [0.25, 0.3) is 0 Å². The summed E-state index contributed by atoms with van der Waals surface area (Å²) in [5.41, 5.74) is 0.0490. The van der Waals surface area contributed by atoms with Crippen LogP contribution >= 0.6 is 0 Å². The van der Waals surface area contributed by atoms with E-state index in [1.165, 1.54) is 0 Å². The van der Waals surface area contributed by atoms with E-state index in [1.54, 1.807) is 6.92 Å². The summed E-state index contributed by atoms with van der Waals surface area (Å²) in [6.07, 6.45) is 2.56. The van der Waals surface area contributed by atoms with E-state index in [0.29, 0.717) is 12.3 Å². The number of Topliss-reactive ketones (excluding diaryl/α,β-unsaturated/α-hetero) is 1. The van der Waals surface area contributed by atoms with Gasteiger partial charge in [0, 0.05) is 12.3 Å². The van der Waals surface area contributed by atoms with Gasteiger partial charge in [0.15, 0.2) is 0 Å². The fourth-order valence-electron chi connectivity index (χ4n) is 1.98. The number of ketones is 1. The molecule has 0 aromatic rings. The molecule has 0 aromatic carbocycles. The number of carbonyl (C=O) groups excluding carboxylic acids is 2. The number of hydrogen-bond acceptors (Lipinski definition) is 2. The van der Waals surface area contributed by atoms with E-state index in [1.807, 2.05) is 0 Å². The molecule has 0 spiro atoms. The summed E-state index contributed by atoms with van der Waals surface area (Å²) in [4.78, 5) is 21.4. The molecule has 0 heterocycles. The van der Waals surface area contributed by atoms with E-state index in [9.17, 15) is 9.59 Å². The Morgan fingerprint density at radius 2 is 2.17 bits per heavy atom. The van der Waals surface area contributed by atoms with Gasteiger partial charge in [-0.3, -0.25) is 0 Å². The fraction of sp³-hybridized carbons (Fsp3) is 0.800. The van der Waals surface area contributed by atoms with Crippen molar-refractivity contribution >= 4 is 12.1 Å². The highest BCUT2D eigenvalue weighted by Gasteiger charge is 2.47. The Labute approximate surface area is 73.3 Å². The van der Waals surface area contributed by atoms with Crippen molar-refractivity contribution in [3.63, 3.8) is 0 Å². The van der Waals surface area contributed by atoms with Gasteiger partial charge < -0.3 is 9.59 Å². The zero-order valence-corrected chi connectivity index (χ0v) is 7.96. The van der Waals surface area contributed by atoms with Gasteiger partial charge in [-0.15, -0.1) is 0 Å². The van der Waals surface area contributed by atoms with E-state index in [0.717, 1.165) is 12.7 Å². The molecule has 0 bridgehead atoms. The van der Waals surface area contributed by atoms with Crippen LogP contribution in [0.15, 0.2) is 0 Å². The second-order valence-electron chi connectivity index (χ2n) is 4.40. The Balaban J connectivity index is 2.53. The maximum absolute atomic E-state index is 10.8. The van der Waals surface area contributed by atoms with Gasteiger partial charge in [-0.2, -0.15) is 0 Å². The van der Waals surface area contributed by atoms with Crippen LogP contribution in [0.1, 0.15) is 33.6 Å². The standard InChI is InChI=1S/C10H16O2/c1-7(12)4-8-5-9(6-11)10(8,2)3/h6,8-9H,4-5H2,1-3H3/t8-,9-/m1/s1. The summed E-state index contributed by atoms with van der Waals surface area (Å²) in [5, 5.41) is 0. The molecule has 0 aliphatic heterocycles. The molecule has 12 heavy (non-hydrogen) atoms. The van der Waals surface area contributed by atoms with Crippen LogP contribution in [0.2, 0.25) is 0 Å². The zero-order chi connectivity index (χ0) is 9.35. The van der Waals surface area contributed by atoms with Crippen molar-refractivity contribution in [2.75, 3.05) is 0 Å². The van der Waals surface area contributed by atoms with Crippen LogP contribution in [0, 0.1) is 17.3 Å². The Bertz CT molecular complexity index is 206. The average molecular weight is 168 g/mol. The molecule has 2 nitrogen and oxygen atoms in total. The van der Waals surface area contributed by atoms with Crippen LogP contribution in [0.3, 0.4) is 0 Å². The molecule has 1 aliphatic rings. The summed E-state index contributed by atoms with van der Waals surface area (Å²) >= 11 is 0. The maximum Gasteiger partial charge on any atom is 0.130 e. The molecule has 0 aromatic heterocycles. The van der Waals surface area contributed by atoms with Crippen molar-refractivity contribution in [2.24, 2.45) is 17.3 Å². The molecule has 0 N–H and O–H groups in total. The predicted molar refractivity (Wildman–Crippen MR) is 46.7 cm³/mol. The van der Waals surface area contributed by atoms with Crippen LogP contribution in [0.5, 0.6) is 0 Å². The highest BCUT2D eigenvalue weighted by molar-refractivity contribution is 5.76. The summed E-state index contributed by atoms with van der Waals surface area (Å²) in [5.74, 6) is 0.824. The molecule has 1 aliphatic carbocycles. The van der Waals surface area contributed by atoms with E-state index >= 15 is 0 Å². The third-order valence-electron chi connectivity index (χ3n) is 3.24. The van der Waals surface area contributed by atoms with Gasteiger partial charge in [-0.05, 0) is 24.7 Å². The van der Waals surface area contributed by atoms with E-state index < -0.39 is 0 Å². The lowest BCUT2D eigenvalue weighted by atomic mass is 9.54. The largest absolute Gasteiger partial charge is 0.303 e. The highest BCUT2D eigenvalue weighted by Crippen LogP contribution is 2.51. The first-order valence-corrected chi connectivity index (χ1v) is 4.43. The number of hydrogen-bond donors (Lipinski definition) is 0. The smallest absolute Gasteiger partial charge is 0.130 e. The van der Waals surface area contributed by atoms with Gasteiger partial charge in [0.05, 0.1) is 0 Å². The molecule has 2 heteroatoms. The molecular formula is C10H16O2. The zero-order valence-electron chi connectivity index (χ0n) is 7.96. The quantitative estimate of drug-likeness (QED) is 0.602. The fourth-order valence-corrected chi connectivity index (χ4v) is 1.98. The lowest BCUT2D eigenvalue weighted by Gasteiger charge is -2.49. The normalized spacial score (nSPS) is 32.2. The SMILES string of the molecule is CC(=O)C[C@@H]1C[C@H](C=O)C1(C)C. The Hall–Kier alpha value is -0.660. The lowest BCUT2D eigenvalue weighted by molar-refractivity contribution is -0.131. The van der Waals surface area contributed by atoms with Gasteiger partial charge in [0.2, 0.25) is 0 Å². The summed E-state index contributed by atoms with van der Waals surface area (Å²) in [6, 6.07) is 0. The summed E-state index contributed by atoms with van der Waals surface area (Å²) in [7, 11) is 0. The van der Waals surface area contributed by atoms with Gasteiger partial charge in [-0.1, -0.05) is 13.8 Å². The van der Waals surface area contributed by atoms with Crippen LogP contribution in [-0.4, -0.2) is 12.1 Å². The Morgan fingerprint density at radius 1 is 1.58 bits per heavy atom. The molecular weight excluding hydrogens is 152 g/mol. The van der Waals surface area contributed by atoms with Gasteiger partial charge >= 0.3 is 0 Å². The molecule has 0 radical (unpaired) electrons. The van der Waals surface area contributed by atoms with E-state index in [4.69, 9.17) is 0 Å². The topological polar surface area (TPSA) is 34.1 Å². The van der Waals surface area contributed by atoms with Gasteiger partial charge in [0.25, 0.3) is 0 Å². The first-order valence-electron chi connectivity index (χ1n) is 4.43. The minimum Gasteiger partial charge on any atom is -0.303 e. The number of aldehydes is 1. The minimum absolute atomic E-state index is 0.0490. The van der Waals surface area contributed by atoms with Crippen molar-refractivity contribution < 1.29 is 9.59 Å². The second kappa shape index (κ2) is 3.00. The Kier molecular flexibility index (Phi) is 2.36. The third-order valence-corrected chi connectivity index (χ3v) is 3.24. The molecule has 0 amide bonds. The van der Waals surface area contributed by atoms with E-state index in [-0.39, 0.29) is 17.1 Å². The first kappa shape index (κ1) is 9.43. The summed E-state index contributed by atoms with van der Waals surface area (Å²) < 4.78 is 0. The van der Waals surface area contributed by atoms with Crippen LogP contribution < -0.4 is 0 Å². The van der Waals surface area contributed by atoms with Crippen molar-refractivity contribution in [1.29, 1.82) is 0 Å². The lowest BCUT2D eigenvalue weighted by Crippen LogP contribution is -2.46. The number of carbonyl (C=O) groups is 2. The number of rotatable bonds is 3. The Morgan fingerprint density at radius 3 is 2.50 bits per heavy atom. The molecule has 68 valence electrons. The monoisotopic (exact) mass is 168 g/mol. The first-order chi connectivity index (χ1) is 5.48. The minimum atomic E-state index is 0.0490. The average Bonchev–Trinajstić information content (AvgIpc) is 1.96. The van der Waals surface area contributed by atoms with Gasteiger partial charge in [0.1, 0.15) is 12.1 Å². The summed E-state index contributed by atoms with van der Waals surface area (Å²) in [6.45, 7) is 5.76. The third kappa shape index (κ3) is 1.43.